The summed E-state index contributed by atoms with van der Waals surface area (Å²) in [7, 11) is 0. The number of nitrogens with one attached hydrogen (secondary N) is 6. The third-order valence-corrected chi connectivity index (χ3v) is 6.98. The number of aromatic amines is 1. The second-order valence-corrected chi connectivity index (χ2v) is 10.3. The van der Waals surface area contributed by atoms with Gasteiger partial charge in [0.2, 0.25) is 35.4 Å². The molecule has 1 aromatic heterocycles. The number of aromatic nitrogens is 2. The molecule has 19 nitrogen and oxygen atoms in total. The Kier molecular flexibility index (Phi) is 14.7. The maximum atomic E-state index is 13.2. The van der Waals surface area contributed by atoms with E-state index in [4.69, 9.17) is 15.9 Å². The summed E-state index contributed by atoms with van der Waals surface area (Å²) in [6.07, 6.45) is 2.71. The number of hydrogen-bond donors (Lipinski definition) is 10. The molecule has 0 spiro atoms. The van der Waals surface area contributed by atoms with Gasteiger partial charge in [0.15, 0.2) is 0 Å². The van der Waals surface area contributed by atoms with E-state index in [9.17, 15) is 38.4 Å². The van der Waals surface area contributed by atoms with Gasteiger partial charge in [-0.15, -0.1) is 0 Å². The second-order valence-electron chi connectivity index (χ2n) is 9.98. The molecule has 1 aliphatic rings. The molecule has 4 atom stereocenters. The Morgan fingerprint density at radius 2 is 1.67 bits per heavy atom. The molecule has 1 aliphatic heterocycles. The van der Waals surface area contributed by atoms with Crippen LogP contribution in [0.1, 0.15) is 31.4 Å². The van der Waals surface area contributed by atoms with Gasteiger partial charge in [-0.1, -0.05) is 0 Å². The van der Waals surface area contributed by atoms with Gasteiger partial charge in [-0.3, -0.25) is 33.6 Å². The smallest absolute Gasteiger partial charge is 0.326 e. The van der Waals surface area contributed by atoms with Crippen LogP contribution in [0.5, 0.6) is 0 Å². The van der Waals surface area contributed by atoms with Crippen molar-refractivity contribution in [2.75, 3.05) is 31.9 Å². The van der Waals surface area contributed by atoms with Crippen molar-refractivity contribution in [3.8, 4) is 0 Å². The highest BCUT2D eigenvalue weighted by Crippen LogP contribution is 2.18. The van der Waals surface area contributed by atoms with E-state index < -0.39 is 91.1 Å². The molecule has 6 amide bonds. The van der Waals surface area contributed by atoms with Gasteiger partial charge in [-0.05, 0) is 19.3 Å². The summed E-state index contributed by atoms with van der Waals surface area (Å²) >= 11 is 3.94. The lowest BCUT2D eigenvalue weighted by atomic mass is 10.1. The fraction of sp³-hybridized carbons (Fsp3) is 0.560. The lowest BCUT2D eigenvalue weighted by molar-refractivity contribution is -0.143. The van der Waals surface area contributed by atoms with Crippen LogP contribution in [0.15, 0.2) is 12.5 Å². The van der Waals surface area contributed by atoms with Crippen LogP contribution in [0.2, 0.25) is 0 Å². The molecule has 0 aromatic carbocycles. The first kappa shape index (κ1) is 36.5. The van der Waals surface area contributed by atoms with Crippen molar-refractivity contribution >= 4 is 60.0 Å². The molecule has 0 unspecified atom stereocenters. The zero-order valence-electron chi connectivity index (χ0n) is 24.1. The van der Waals surface area contributed by atoms with Gasteiger partial charge in [0, 0.05) is 37.0 Å². The molecule has 248 valence electrons. The highest BCUT2D eigenvalue weighted by atomic mass is 32.1. The first-order valence-corrected chi connectivity index (χ1v) is 14.4. The highest BCUT2D eigenvalue weighted by Gasteiger charge is 2.36. The first-order valence-electron chi connectivity index (χ1n) is 13.8. The Bertz CT molecular complexity index is 1250. The Labute approximate surface area is 262 Å². The lowest BCUT2D eigenvalue weighted by Crippen LogP contribution is -2.56. The van der Waals surface area contributed by atoms with E-state index in [1.165, 1.54) is 17.4 Å². The van der Waals surface area contributed by atoms with Gasteiger partial charge < -0.3 is 52.4 Å². The van der Waals surface area contributed by atoms with Gasteiger partial charge >= 0.3 is 11.9 Å². The van der Waals surface area contributed by atoms with Crippen LogP contribution < -0.4 is 32.3 Å². The molecule has 20 heteroatoms. The van der Waals surface area contributed by atoms with Gasteiger partial charge in [0.25, 0.3) is 0 Å². The van der Waals surface area contributed by atoms with E-state index in [-0.39, 0.29) is 31.7 Å². The molecule has 0 aliphatic carbocycles. The molecule has 10 N–H and O–H groups in total. The van der Waals surface area contributed by atoms with Crippen molar-refractivity contribution in [3.05, 3.63) is 18.2 Å². The van der Waals surface area contributed by atoms with E-state index in [0.717, 1.165) is 0 Å². The number of carboxylic acids is 2. The predicted molar refractivity (Wildman–Crippen MR) is 156 cm³/mol. The van der Waals surface area contributed by atoms with Crippen LogP contribution in [0.3, 0.4) is 0 Å². The Balaban J connectivity index is 1.94. The minimum absolute atomic E-state index is 0.0488. The van der Waals surface area contributed by atoms with Crippen LogP contribution in [0, 0.1) is 0 Å². The number of hydrogen-bond acceptors (Lipinski definition) is 11. The molecular formula is C25H37N9O10S. The number of imidazole rings is 1. The van der Waals surface area contributed by atoms with Gasteiger partial charge in [0.05, 0.1) is 32.0 Å². The number of nitrogens with two attached hydrogens (primary N) is 1. The predicted octanol–water partition coefficient (Wildman–Crippen LogP) is -4.53. The van der Waals surface area contributed by atoms with E-state index in [0.29, 0.717) is 18.5 Å². The summed E-state index contributed by atoms with van der Waals surface area (Å²) in [5.41, 5.74) is 6.07. The topological polar surface area (TPSA) is 295 Å². The number of rotatable bonds is 18. The van der Waals surface area contributed by atoms with E-state index in [1.54, 1.807) is 0 Å². The van der Waals surface area contributed by atoms with Gasteiger partial charge in [-0.2, -0.15) is 12.6 Å². The number of aliphatic carboxylic acids is 2. The van der Waals surface area contributed by atoms with Crippen molar-refractivity contribution < 1.29 is 48.6 Å². The Morgan fingerprint density at radius 1 is 0.978 bits per heavy atom. The number of likely N-dealkylation sites (tertiary alicyclic amines) is 1. The quantitative estimate of drug-likeness (QED) is 0.0669. The molecular weight excluding hydrogens is 618 g/mol. The van der Waals surface area contributed by atoms with Crippen LogP contribution in [-0.4, -0.2) is 129 Å². The number of amides is 6. The lowest BCUT2D eigenvalue weighted by Gasteiger charge is -2.26. The molecule has 0 radical (unpaired) electrons. The molecule has 1 fully saturated rings. The summed E-state index contributed by atoms with van der Waals surface area (Å²) in [4.78, 5) is 105. The SMILES string of the molecule is N[C@@H](CS)C(=O)NCC(=O)N1CCC[C@H]1C(=O)N[C@@H](Cc1cnc[nH]1)C(=O)NCC(=O)NCC(=O)N[C@@H](CCC(=O)O)C(=O)O. The monoisotopic (exact) mass is 655 g/mol. The highest BCUT2D eigenvalue weighted by molar-refractivity contribution is 7.80. The summed E-state index contributed by atoms with van der Waals surface area (Å²) < 4.78 is 0. The zero-order valence-corrected chi connectivity index (χ0v) is 25.0. The molecule has 1 saturated heterocycles. The largest absolute Gasteiger partial charge is 0.481 e. The average molecular weight is 656 g/mol. The van der Waals surface area contributed by atoms with Crippen molar-refractivity contribution in [1.82, 2.24) is 41.5 Å². The maximum Gasteiger partial charge on any atom is 0.326 e. The third-order valence-electron chi connectivity index (χ3n) is 6.58. The summed E-state index contributed by atoms with van der Waals surface area (Å²) in [6.45, 7) is -1.38. The fourth-order valence-corrected chi connectivity index (χ4v) is 4.38. The molecule has 2 rings (SSSR count). The van der Waals surface area contributed by atoms with Crippen LogP contribution in [0.25, 0.3) is 0 Å². The van der Waals surface area contributed by atoms with Crippen molar-refractivity contribution in [1.29, 1.82) is 0 Å². The number of carboxylic acid groups (broad SMARTS) is 2. The van der Waals surface area contributed by atoms with Gasteiger partial charge in [-0.25, -0.2) is 9.78 Å². The minimum Gasteiger partial charge on any atom is -0.481 e. The maximum absolute atomic E-state index is 13.2. The van der Waals surface area contributed by atoms with Crippen LogP contribution >= 0.6 is 12.6 Å². The second kappa shape index (κ2) is 18.2. The number of thiol groups is 1. The van der Waals surface area contributed by atoms with E-state index in [1.807, 2.05) is 0 Å². The number of H-pyrrole nitrogens is 1. The molecule has 2 heterocycles. The van der Waals surface area contributed by atoms with Crippen LogP contribution in [0.4, 0.5) is 0 Å². The summed E-state index contributed by atoms with van der Waals surface area (Å²) in [5, 5.41) is 29.5. The Hall–Kier alpha value is -4.72. The number of carbonyl (C=O) groups excluding carboxylic acids is 6. The minimum atomic E-state index is -1.47. The first-order chi connectivity index (χ1) is 21.3. The average Bonchev–Trinajstić information content (AvgIpc) is 3.71. The zero-order chi connectivity index (χ0) is 33.5. The van der Waals surface area contributed by atoms with E-state index >= 15 is 0 Å². The van der Waals surface area contributed by atoms with Crippen LogP contribution in [-0.2, 0) is 44.8 Å². The summed E-state index contributed by atoms with van der Waals surface area (Å²) in [5.74, 6) is -6.79. The molecule has 0 saturated carbocycles. The number of nitrogens with zero attached hydrogens (tertiary/aromatic N) is 2. The fourth-order valence-electron chi connectivity index (χ4n) is 4.21. The Morgan fingerprint density at radius 3 is 2.29 bits per heavy atom. The van der Waals surface area contributed by atoms with Gasteiger partial charge in [0.1, 0.15) is 18.1 Å². The standard InChI is InChI=1S/C25H37N9O10S/c26-14(11-45)22(40)30-10-20(37)34-5-1-2-17(34)24(42)33-16(6-13-7-27-12-31-13)23(41)29-8-18(35)28-9-19(36)32-15(25(43)44)3-4-21(38)39/h7,12,14-17,45H,1-6,8-11,26H2,(H,27,31)(H,28,35)(H,29,41)(H,30,40)(H,32,36)(H,33,42)(H,38,39)(H,43,44)/t14-,15-,16-,17-/m0/s1. The molecule has 1 aromatic rings. The third kappa shape index (κ3) is 12.4. The summed E-state index contributed by atoms with van der Waals surface area (Å²) in [6, 6.07) is -4.50. The molecule has 0 bridgehead atoms. The van der Waals surface area contributed by atoms with Crippen molar-refractivity contribution in [3.63, 3.8) is 0 Å². The van der Waals surface area contributed by atoms with Crippen molar-refractivity contribution in [2.24, 2.45) is 5.73 Å². The van der Waals surface area contributed by atoms with Crippen molar-refractivity contribution in [2.45, 2.75) is 56.3 Å². The number of carbonyl (C=O) groups is 8. The van der Waals surface area contributed by atoms with E-state index in [2.05, 4.69) is 49.2 Å². The molecule has 45 heavy (non-hydrogen) atoms. The normalized spacial score (nSPS) is 16.0.